The van der Waals surface area contributed by atoms with Crippen LogP contribution < -0.4 is 14.8 Å². The van der Waals surface area contributed by atoms with E-state index in [1.165, 1.54) is 31.3 Å². The van der Waals surface area contributed by atoms with Crippen molar-refractivity contribution in [3.8, 4) is 11.5 Å². The molecule has 1 aliphatic heterocycles. The van der Waals surface area contributed by atoms with E-state index >= 15 is 0 Å². The molecule has 35 heavy (non-hydrogen) atoms. The van der Waals surface area contributed by atoms with Crippen LogP contribution in [0.25, 0.3) is 0 Å². The molecule has 0 atom stereocenters. The van der Waals surface area contributed by atoms with E-state index in [0.717, 1.165) is 0 Å². The Balaban J connectivity index is 1.93. The van der Waals surface area contributed by atoms with Crippen molar-refractivity contribution in [3.05, 3.63) is 53.6 Å². The Labute approximate surface area is 204 Å². The lowest BCUT2D eigenvalue weighted by Crippen LogP contribution is -2.42. The summed E-state index contributed by atoms with van der Waals surface area (Å²) in [5.41, 5.74) is 0.590. The molecule has 11 heteroatoms. The van der Waals surface area contributed by atoms with E-state index in [-0.39, 0.29) is 35.4 Å². The molecule has 0 saturated heterocycles. The number of fused-ring (bicyclic) bond motifs is 1. The van der Waals surface area contributed by atoms with Crippen LogP contribution in [-0.2, 0) is 19.6 Å². The summed E-state index contributed by atoms with van der Waals surface area (Å²) in [4.78, 5) is 23.8. The molecule has 1 N–H and O–H groups in total. The third-order valence-electron chi connectivity index (χ3n) is 4.71. The Morgan fingerprint density at radius 2 is 1.86 bits per heavy atom. The topological polar surface area (TPSA) is 127 Å². The molecule has 0 spiro atoms. The first-order valence-electron chi connectivity index (χ1n) is 10.8. The third-order valence-corrected chi connectivity index (χ3v) is 6.03. The zero-order valence-electron chi connectivity index (χ0n) is 20.2. The fourth-order valence-electron chi connectivity index (χ4n) is 3.32. The van der Waals surface area contributed by atoms with Gasteiger partial charge in [0.2, 0.25) is 5.91 Å². The second-order valence-electron chi connectivity index (χ2n) is 8.81. The van der Waals surface area contributed by atoms with Gasteiger partial charge in [0, 0.05) is 24.4 Å². The monoisotopic (exact) mass is 500 g/mol. The van der Waals surface area contributed by atoms with E-state index in [1.807, 2.05) is 20.8 Å². The van der Waals surface area contributed by atoms with Crippen LogP contribution in [0.2, 0.25) is 0 Å². The predicted molar refractivity (Wildman–Crippen MR) is 131 cm³/mol. The second kappa shape index (κ2) is 10.3. The van der Waals surface area contributed by atoms with Gasteiger partial charge in [-0.3, -0.25) is 9.59 Å². The summed E-state index contributed by atoms with van der Waals surface area (Å²) in [6.45, 7) is 6.99. The average molecular weight is 501 g/mol. The molecule has 1 amide bonds. The minimum atomic E-state index is -3.87. The number of esters is 1. The molecule has 0 saturated carbocycles. The number of sulfonamides is 1. The summed E-state index contributed by atoms with van der Waals surface area (Å²) in [6.07, 6.45) is 1.54. The highest BCUT2D eigenvalue weighted by atomic mass is 32.2. The van der Waals surface area contributed by atoms with Crippen molar-refractivity contribution < 1.29 is 27.5 Å². The van der Waals surface area contributed by atoms with Gasteiger partial charge in [-0.15, -0.1) is 4.40 Å². The molecule has 1 heterocycles. The SMILES string of the molecule is COc1cc(/C=N\N(CCC(=O)NC(C)(C)C)C2=NS(=O)(=O)c3ccccc32)ccc1OC(C)=O. The fourth-order valence-corrected chi connectivity index (χ4v) is 4.53. The van der Waals surface area contributed by atoms with Gasteiger partial charge < -0.3 is 14.8 Å². The van der Waals surface area contributed by atoms with Gasteiger partial charge in [-0.25, -0.2) is 5.01 Å². The maximum absolute atomic E-state index is 12.6. The summed E-state index contributed by atoms with van der Waals surface area (Å²) in [7, 11) is -2.43. The maximum Gasteiger partial charge on any atom is 0.308 e. The molecule has 186 valence electrons. The van der Waals surface area contributed by atoms with Crippen molar-refractivity contribution in [2.75, 3.05) is 13.7 Å². The summed E-state index contributed by atoms with van der Waals surface area (Å²) in [5.74, 6) is 0.0201. The summed E-state index contributed by atoms with van der Waals surface area (Å²) >= 11 is 0. The van der Waals surface area contributed by atoms with Gasteiger partial charge in [-0.05, 0) is 56.7 Å². The van der Waals surface area contributed by atoms with Crippen LogP contribution in [0.4, 0.5) is 0 Å². The first kappa shape index (κ1) is 25.9. The quantitative estimate of drug-likeness (QED) is 0.268. The highest BCUT2D eigenvalue weighted by Crippen LogP contribution is 2.29. The molecule has 2 aromatic carbocycles. The molecule has 0 bridgehead atoms. The lowest BCUT2D eigenvalue weighted by atomic mass is 10.1. The van der Waals surface area contributed by atoms with Gasteiger partial charge in [0.1, 0.15) is 4.90 Å². The number of methoxy groups -OCH3 is 1. The molecule has 0 fully saturated rings. The van der Waals surface area contributed by atoms with Crippen LogP contribution in [-0.4, -0.2) is 56.5 Å². The molecular weight excluding hydrogens is 472 g/mol. The van der Waals surface area contributed by atoms with Crippen molar-refractivity contribution >= 4 is 33.9 Å². The van der Waals surface area contributed by atoms with Crippen molar-refractivity contribution in [1.29, 1.82) is 0 Å². The summed E-state index contributed by atoms with van der Waals surface area (Å²) in [5, 5.41) is 8.71. The lowest BCUT2D eigenvalue weighted by Gasteiger charge is -2.22. The van der Waals surface area contributed by atoms with E-state index in [0.29, 0.717) is 16.9 Å². The molecule has 0 aromatic heterocycles. The van der Waals surface area contributed by atoms with Crippen LogP contribution in [0.15, 0.2) is 56.9 Å². The molecule has 3 rings (SSSR count). The Morgan fingerprint density at radius 1 is 1.14 bits per heavy atom. The lowest BCUT2D eigenvalue weighted by molar-refractivity contribution is -0.132. The van der Waals surface area contributed by atoms with Crippen LogP contribution in [0, 0.1) is 0 Å². The third kappa shape index (κ3) is 6.66. The van der Waals surface area contributed by atoms with E-state index in [9.17, 15) is 18.0 Å². The van der Waals surface area contributed by atoms with Gasteiger partial charge in [-0.1, -0.05) is 12.1 Å². The van der Waals surface area contributed by atoms with Crippen molar-refractivity contribution in [2.24, 2.45) is 9.50 Å². The van der Waals surface area contributed by atoms with Crippen molar-refractivity contribution in [2.45, 2.75) is 44.6 Å². The number of carbonyl (C=O) groups is 2. The van der Waals surface area contributed by atoms with E-state index in [1.54, 1.807) is 36.4 Å². The van der Waals surface area contributed by atoms with E-state index in [4.69, 9.17) is 9.47 Å². The first-order chi connectivity index (χ1) is 16.4. The maximum atomic E-state index is 12.6. The van der Waals surface area contributed by atoms with E-state index in [2.05, 4.69) is 14.8 Å². The number of amides is 1. The Morgan fingerprint density at radius 3 is 2.51 bits per heavy atom. The molecular formula is C24H28N4O6S. The normalized spacial score (nSPS) is 14.3. The van der Waals surface area contributed by atoms with E-state index < -0.39 is 21.5 Å². The van der Waals surface area contributed by atoms with Crippen LogP contribution >= 0.6 is 0 Å². The number of hydrogen-bond acceptors (Lipinski definition) is 8. The highest BCUT2D eigenvalue weighted by Gasteiger charge is 2.32. The van der Waals surface area contributed by atoms with Gasteiger partial charge >= 0.3 is 5.97 Å². The number of benzene rings is 2. The molecule has 2 aromatic rings. The number of nitrogens with one attached hydrogen (secondary N) is 1. The average Bonchev–Trinajstić information content (AvgIpc) is 3.04. The van der Waals surface area contributed by atoms with Crippen molar-refractivity contribution in [3.63, 3.8) is 0 Å². The molecule has 0 radical (unpaired) electrons. The van der Waals surface area contributed by atoms with Gasteiger partial charge in [-0.2, -0.15) is 13.5 Å². The number of carbonyl (C=O) groups excluding carboxylic acids is 2. The number of amidine groups is 1. The largest absolute Gasteiger partial charge is 0.493 e. The minimum Gasteiger partial charge on any atom is -0.493 e. The van der Waals surface area contributed by atoms with Gasteiger partial charge in [0.15, 0.2) is 17.3 Å². The van der Waals surface area contributed by atoms with Crippen LogP contribution in [0.3, 0.4) is 0 Å². The van der Waals surface area contributed by atoms with Crippen LogP contribution in [0.1, 0.15) is 45.2 Å². The molecule has 0 aliphatic carbocycles. The number of hydrogen-bond donors (Lipinski definition) is 1. The highest BCUT2D eigenvalue weighted by molar-refractivity contribution is 7.90. The predicted octanol–water partition coefficient (Wildman–Crippen LogP) is 2.71. The number of ether oxygens (including phenoxy) is 2. The second-order valence-corrected chi connectivity index (χ2v) is 10.4. The van der Waals surface area contributed by atoms with Gasteiger partial charge in [0.05, 0.1) is 19.9 Å². The fraction of sp³-hybridized carbons (Fsp3) is 0.333. The zero-order valence-corrected chi connectivity index (χ0v) is 21.0. The Bertz CT molecular complexity index is 1300. The summed E-state index contributed by atoms with van der Waals surface area (Å²) < 4.78 is 39.5. The Kier molecular flexibility index (Phi) is 7.59. The molecule has 0 unspecified atom stereocenters. The molecule has 10 nitrogen and oxygen atoms in total. The van der Waals surface area contributed by atoms with Crippen LogP contribution in [0.5, 0.6) is 11.5 Å². The number of nitrogens with zero attached hydrogens (tertiary/aromatic N) is 3. The first-order valence-corrected chi connectivity index (χ1v) is 12.3. The minimum absolute atomic E-state index is 0.0601. The zero-order chi connectivity index (χ0) is 25.8. The number of hydrazone groups is 1. The Hall–Kier alpha value is -3.73. The standard InChI is InChI=1S/C24H28N4O6S/c1-16(29)34-19-11-10-17(14-20(19)33-5)15-25-28(13-12-22(30)26-24(2,3)4)23-18-8-6-7-9-21(18)35(31,32)27-23/h6-11,14-15H,12-13H2,1-5H3,(H,26,30)/b25-15-. The molecule has 1 aliphatic rings. The van der Waals surface area contributed by atoms with Crippen molar-refractivity contribution in [1.82, 2.24) is 10.3 Å². The van der Waals surface area contributed by atoms with Gasteiger partial charge in [0.25, 0.3) is 10.0 Å². The number of rotatable bonds is 7. The smallest absolute Gasteiger partial charge is 0.308 e. The summed E-state index contributed by atoms with van der Waals surface area (Å²) in [6, 6.07) is 11.3.